The van der Waals surface area contributed by atoms with Crippen LogP contribution in [-0.4, -0.2) is 31.0 Å². The lowest BCUT2D eigenvalue weighted by Gasteiger charge is -2.07. The van der Waals surface area contributed by atoms with Crippen LogP contribution in [0.3, 0.4) is 0 Å². The van der Waals surface area contributed by atoms with Gasteiger partial charge in [0.2, 0.25) is 11.7 Å². The molecule has 8 heteroatoms. The minimum Gasteiger partial charge on any atom is -0.338 e. The number of rotatable bonds is 4. The van der Waals surface area contributed by atoms with Crippen LogP contribution in [0.5, 0.6) is 0 Å². The lowest BCUT2D eigenvalue weighted by atomic mass is 10.3. The largest absolute Gasteiger partial charge is 0.338 e. The minimum atomic E-state index is -0.442. The van der Waals surface area contributed by atoms with Crippen LogP contribution in [0.25, 0.3) is 11.5 Å². The molecule has 0 saturated heterocycles. The number of nitrogens with zero attached hydrogens (tertiary/aromatic N) is 4. The van der Waals surface area contributed by atoms with Crippen molar-refractivity contribution in [3.8, 4) is 11.5 Å². The molecule has 0 fully saturated rings. The van der Waals surface area contributed by atoms with Crippen molar-refractivity contribution in [3.05, 3.63) is 48.0 Å². The van der Waals surface area contributed by atoms with Crippen molar-refractivity contribution in [1.29, 1.82) is 0 Å². The fraction of sp³-hybridized carbons (Fsp3) is 0.214. The highest BCUT2D eigenvalue weighted by Crippen LogP contribution is 2.16. The average molecular weight is 298 g/mol. The molecule has 0 saturated carbocycles. The van der Waals surface area contributed by atoms with Gasteiger partial charge >= 0.3 is 0 Å². The predicted molar refractivity (Wildman–Crippen MR) is 76.7 cm³/mol. The van der Waals surface area contributed by atoms with Gasteiger partial charge in [0.15, 0.2) is 5.82 Å². The number of nitrogens with one attached hydrogen (secondary N) is 2. The summed E-state index contributed by atoms with van der Waals surface area (Å²) in [6, 6.07) is 4.98. The van der Waals surface area contributed by atoms with Gasteiger partial charge in [-0.05, 0) is 26.0 Å². The van der Waals surface area contributed by atoms with Crippen LogP contribution in [-0.2, 0) is 0 Å². The molecule has 0 aliphatic rings. The molecule has 8 nitrogen and oxygen atoms in total. The van der Waals surface area contributed by atoms with Crippen molar-refractivity contribution >= 4 is 5.91 Å². The minimum absolute atomic E-state index is 0.244. The Hall–Kier alpha value is -3.03. The van der Waals surface area contributed by atoms with E-state index >= 15 is 0 Å². The molecule has 1 amide bonds. The fourth-order valence-electron chi connectivity index (χ4n) is 1.86. The Kier molecular flexibility index (Phi) is 3.65. The number of aromatic nitrogens is 5. The van der Waals surface area contributed by atoms with Crippen LogP contribution in [0.1, 0.15) is 35.2 Å². The summed E-state index contributed by atoms with van der Waals surface area (Å²) in [4.78, 5) is 27.2. The van der Waals surface area contributed by atoms with E-state index in [1.807, 2.05) is 13.0 Å². The number of carbonyl (C=O) groups excluding carboxylic acids is 1. The number of pyridine rings is 1. The third-order valence-electron chi connectivity index (χ3n) is 2.97. The van der Waals surface area contributed by atoms with E-state index in [1.54, 1.807) is 31.5 Å². The Balaban J connectivity index is 1.72. The van der Waals surface area contributed by atoms with Gasteiger partial charge in [0.05, 0.1) is 0 Å². The molecule has 112 valence electrons. The van der Waals surface area contributed by atoms with E-state index in [4.69, 9.17) is 4.52 Å². The zero-order valence-corrected chi connectivity index (χ0v) is 12.1. The number of hydrogen-bond acceptors (Lipinski definition) is 6. The van der Waals surface area contributed by atoms with Gasteiger partial charge in [-0.3, -0.25) is 9.78 Å². The van der Waals surface area contributed by atoms with E-state index in [1.165, 1.54) is 0 Å². The van der Waals surface area contributed by atoms with Crippen molar-refractivity contribution in [1.82, 2.24) is 30.4 Å². The molecule has 3 aromatic heterocycles. The molecule has 3 aromatic rings. The Morgan fingerprint density at radius 2 is 2.23 bits per heavy atom. The molecule has 0 bridgehead atoms. The van der Waals surface area contributed by atoms with Gasteiger partial charge in [-0.15, -0.1) is 0 Å². The molecule has 0 aliphatic carbocycles. The molecule has 2 N–H and O–H groups in total. The molecule has 0 radical (unpaired) electrons. The highest BCUT2D eigenvalue weighted by molar-refractivity contribution is 5.90. The molecule has 1 atom stereocenters. The molecule has 0 aliphatic heterocycles. The van der Waals surface area contributed by atoms with Crippen LogP contribution in [0.4, 0.5) is 0 Å². The molecule has 1 unspecified atom stereocenters. The molecular formula is C14H14N6O2. The van der Waals surface area contributed by atoms with Gasteiger partial charge in [0.1, 0.15) is 11.7 Å². The van der Waals surface area contributed by atoms with Crippen molar-refractivity contribution in [2.45, 2.75) is 19.9 Å². The normalized spacial score (nSPS) is 12.1. The zero-order chi connectivity index (χ0) is 15.5. The predicted octanol–water partition coefficient (Wildman–Crippen LogP) is 1.65. The van der Waals surface area contributed by atoms with Crippen LogP contribution >= 0.6 is 0 Å². The van der Waals surface area contributed by atoms with Gasteiger partial charge in [-0.2, -0.15) is 4.98 Å². The summed E-state index contributed by atoms with van der Waals surface area (Å²) in [6.45, 7) is 3.58. The van der Waals surface area contributed by atoms with E-state index in [0.29, 0.717) is 17.4 Å². The topological polar surface area (TPSA) is 110 Å². The first-order chi connectivity index (χ1) is 10.6. The van der Waals surface area contributed by atoms with E-state index in [2.05, 4.69) is 30.4 Å². The monoisotopic (exact) mass is 298 g/mol. The number of aryl methyl sites for hydroxylation is 1. The second kappa shape index (κ2) is 5.76. The number of carbonyl (C=O) groups is 1. The highest BCUT2D eigenvalue weighted by atomic mass is 16.5. The molecular weight excluding hydrogens is 284 g/mol. The summed E-state index contributed by atoms with van der Waals surface area (Å²) in [6.07, 6.45) is 3.24. The Morgan fingerprint density at radius 3 is 2.91 bits per heavy atom. The molecule has 22 heavy (non-hydrogen) atoms. The van der Waals surface area contributed by atoms with E-state index < -0.39 is 6.04 Å². The lowest BCUT2D eigenvalue weighted by Crippen LogP contribution is -2.27. The van der Waals surface area contributed by atoms with Gasteiger partial charge in [-0.1, -0.05) is 11.2 Å². The SMILES string of the molecule is Cc1cnc(C(=O)NC(C)c2nc(-c3ccccn3)no2)[nH]1. The van der Waals surface area contributed by atoms with Crippen LogP contribution < -0.4 is 5.32 Å². The van der Waals surface area contributed by atoms with Crippen LogP contribution in [0.15, 0.2) is 35.1 Å². The number of hydrogen-bond donors (Lipinski definition) is 2. The summed E-state index contributed by atoms with van der Waals surface area (Å²) < 4.78 is 5.18. The summed E-state index contributed by atoms with van der Waals surface area (Å²) in [7, 11) is 0. The van der Waals surface area contributed by atoms with Crippen LogP contribution in [0.2, 0.25) is 0 Å². The van der Waals surface area contributed by atoms with Crippen LogP contribution in [0, 0.1) is 6.92 Å². The highest BCUT2D eigenvalue weighted by Gasteiger charge is 2.19. The van der Waals surface area contributed by atoms with Crippen molar-refractivity contribution < 1.29 is 9.32 Å². The summed E-state index contributed by atoms with van der Waals surface area (Å²) in [5.41, 5.74) is 1.42. The van der Waals surface area contributed by atoms with E-state index in [0.717, 1.165) is 5.69 Å². The maximum Gasteiger partial charge on any atom is 0.287 e. The first-order valence-corrected chi connectivity index (χ1v) is 6.71. The first-order valence-electron chi connectivity index (χ1n) is 6.71. The van der Waals surface area contributed by atoms with Crippen molar-refractivity contribution in [2.75, 3.05) is 0 Å². The summed E-state index contributed by atoms with van der Waals surface area (Å²) in [5, 5.41) is 6.61. The molecule has 0 aromatic carbocycles. The Morgan fingerprint density at radius 1 is 1.36 bits per heavy atom. The zero-order valence-electron chi connectivity index (χ0n) is 12.1. The second-order valence-electron chi connectivity index (χ2n) is 4.78. The van der Waals surface area contributed by atoms with E-state index in [-0.39, 0.29) is 11.7 Å². The Bertz CT molecular complexity index is 779. The number of imidazole rings is 1. The molecule has 3 heterocycles. The molecule has 3 rings (SSSR count). The van der Waals surface area contributed by atoms with Crippen molar-refractivity contribution in [3.63, 3.8) is 0 Å². The van der Waals surface area contributed by atoms with Gasteiger partial charge in [0, 0.05) is 18.1 Å². The summed E-state index contributed by atoms with van der Waals surface area (Å²) in [5.74, 6) is 0.592. The smallest absolute Gasteiger partial charge is 0.287 e. The maximum absolute atomic E-state index is 12.0. The number of H-pyrrole nitrogens is 1. The quantitative estimate of drug-likeness (QED) is 0.758. The Labute approximate surface area is 126 Å². The van der Waals surface area contributed by atoms with Gasteiger partial charge < -0.3 is 14.8 Å². The second-order valence-corrected chi connectivity index (χ2v) is 4.78. The third kappa shape index (κ3) is 2.85. The van der Waals surface area contributed by atoms with E-state index in [9.17, 15) is 4.79 Å². The van der Waals surface area contributed by atoms with Gasteiger partial charge in [0.25, 0.3) is 5.91 Å². The van der Waals surface area contributed by atoms with Gasteiger partial charge in [-0.25, -0.2) is 4.98 Å². The number of aromatic amines is 1. The summed E-state index contributed by atoms with van der Waals surface area (Å²) >= 11 is 0. The third-order valence-corrected chi connectivity index (χ3v) is 2.97. The average Bonchev–Trinajstić information content (AvgIpc) is 3.17. The standard InChI is InChI=1S/C14H14N6O2/c1-8-7-16-12(17-8)13(21)18-9(2)14-19-11(20-22-14)10-5-3-4-6-15-10/h3-7,9H,1-2H3,(H,16,17)(H,18,21). The number of amides is 1. The van der Waals surface area contributed by atoms with Crippen molar-refractivity contribution in [2.24, 2.45) is 0 Å². The maximum atomic E-state index is 12.0. The molecule has 0 spiro atoms. The first kappa shape index (κ1) is 13.9. The lowest BCUT2D eigenvalue weighted by molar-refractivity contribution is 0.0923. The fourth-order valence-corrected chi connectivity index (χ4v) is 1.86.